The van der Waals surface area contributed by atoms with Gasteiger partial charge in [0.15, 0.2) is 0 Å². The number of rotatable bonds is 4. The summed E-state index contributed by atoms with van der Waals surface area (Å²) in [5.74, 6) is 0. The zero-order chi connectivity index (χ0) is 26.9. The molecule has 0 fully saturated rings. The molecule has 6 aromatic carbocycles. The van der Waals surface area contributed by atoms with Crippen molar-refractivity contribution in [3.8, 4) is 22.3 Å². The molecule has 0 aliphatic rings. The molecule has 0 amide bonds. The van der Waals surface area contributed by atoms with Gasteiger partial charge >= 0.3 is 37.9 Å². The topological polar surface area (TPSA) is 0 Å². The Bertz CT molecular complexity index is 1570. The van der Waals surface area contributed by atoms with Crippen molar-refractivity contribution < 1.29 is 20.8 Å². The molecule has 188 valence electrons. The molecule has 0 heterocycles. The van der Waals surface area contributed by atoms with Crippen LogP contribution >= 0.6 is 17.0 Å². The van der Waals surface area contributed by atoms with Gasteiger partial charge in [-0.25, -0.2) is 0 Å². The zero-order valence-electron chi connectivity index (χ0n) is 22.1. The average molecular weight is 629 g/mol. The van der Waals surface area contributed by atoms with E-state index in [0.717, 1.165) is 0 Å². The second-order valence-corrected chi connectivity index (χ2v) is 18.4. The van der Waals surface area contributed by atoms with Gasteiger partial charge in [0.1, 0.15) is 0 Å². The normalized spacial score (nSPS) is 11.3. The summed E-state index contributed by atoms with van der Waals surface area (Å²) in [5, 5.41) is 8.75. The molecule has 0 N–H and O–H groups in total. The van der Waals surface area contributed by atoms with Gasteiger partial charge in [-0.15, -0.1) is 69.1 Å². The van der Waals surface area contributed by atoms with E-state index in [4.69, 9.17) is 17.0 Å². The van der Waals surface area contributed by atoms with Gasteiger partial charge in [0.05, 0.1) is 0 Å². The quantitative estimate of drug-likeness (QED) is 0.135. The van der Waals surface area contributed by atoms with E-state index in [1.165, 1.54) is 54.9 Å². The third-order valence-electron chi connectivity index (χ3n) is 7.65. The summed E-state index contributed by atoms with van der Waals surface area (Å²) in [5.41, 5.74) is 8.14. The SMILES string of the molecule is Cc1[cH-]c2cccc(-c3ccccc3)c2c1[Si](C)(C)c1c(C)[cH-]c2cccc(-c3ccccc3)c12.[Cl][Zr+2][Cl]. The Morgan fingerprint density at radius 2 is 0.921 bits per heavy atom. The molecule has 6 rings (SSSR count). The van der Waals surface area contributed by atoms with Gasteiger partial charge in [-0.05, 0) is 11.1 Å². The number of hydrogen-bond donors (Lipinski definition) is 0. The second-order valence-electron chi connectivity index (χ2n) is 10.4. The minimum absolute atomic E-state index is 0.826. The molecule has 0 aliphatic heterocycles. The van der Waals surface area contributed by atoms with E-state index < -0.39 is 28.9 Å². The Labute approximate surface area is 245 Å². The molecule has 0 unspecified atom stereocenters. The zero-order valence-corrected chi connectivity index (χ0v) is 27.1. The van der Waals surface area contributed by atoms with Gasteiger partial charge in [0, 0.05) is 8.07 Å². The van der Waals surface area contributed by atoms with Crippen molar-refractivity contribution >= 4 is 57.0 Å². The van der Waals surface area contributed by atoms with E-state index >= 15 is 0 Å². The first kappa shape index (κ1) is 27.4. The van der Waals surface area contributed by atoms with Crippen molar-refractivity contribution in [1.29, 1.82) is 0 Å². The van der Waals surface area contributed by atoms with Crippen molar-refractivity contribution in [3.63, 3.8) is 0 Å². The Kier molecular flexibility index (Phi) is 8.27. The first-order valence-corrected chi connectivity index (χ1v) is 22.2. The number of halogens is 2. The maximum absolute atomic E-state index is 4.93. The van der Waals surface area contributed by atoms with E-state index in [1.807, 2.05) is 0 Å². The Morgan fingerprint density at radius 1 is 0.553 bits per heavy atom. The van der Waals surface area contributed by atoms with E-state index in [-0.39, 0.29) is 0 Å². The number of benzene rings is 4. The summed E-state index contributed by atoms with van der Waals surface area (Å²) in [4.78, 5) is 0. The molecule has 0 atom stereocenters. The molecule has 0 spiro atoms. The molecule has 0 nitrogen and oxygen atoms in total. The Morgan fingerprint density at radius 3 is 1.29 bits per heavy atom. The summed E-state index contributed by atoms with van der Waals surface area (Å²) in [6, 6.07) is 40.2. The van der Waals surface area contributed by atoms with Crippen LogP contribution in [0, 0.1) is 13.8 Å². The van der Waals surface area contributed by atoms with Crippen LogP contribution in [0.25, 0.3) is 43.8 Å². The van der Waals surface area contributed by atoms with E-state index in [2.05, 4.69) is 136 Å². The molecule has 0 aromatic heterocycles. The number of aryl methyl sites for hydroxylation is 2. The first-order chi connectivity index (χ1) is 18.4. The van der Waals surface area contributed by atoms with Crippen LogP contribution in [0.1, 0.15) is 11.1 Å². The van der Waals surface area contributed by atoms with Crippen LogP contribution in [-0.2, 0) is 20.8 Å². The molecule has 0 aliphatic carbocycles. The summed E-state index contributed by atoms with van der Waals surface area (Å²) in [6.45, 7) is 9.75. The predicted molar refractivity (Wildman–Crippen MR) is 168 cm³/mol. The summed E-state index contributed by atoms with van der Waals surface area (Å²) < 4.78 is 0. The summed E-state index contributed by atoms with van der Waals surface area (Å²) in [7, 11) is 7.77. The molecule has 0 saturated heterocycles. The van der Waals surface area contributed by atoms with Crippen molar-refractivity contribution in [2.24, 2.45) is 0 Å². The van der Waals surface area contributed by atoms with Crippen molar-refractivity contribution in [2.75, 3.05) is 0 Å². The number of fused-ring (bicyclic) bond motifs is 2. The third kappa shape index (κ3) is 4.93. The fraction of sp³-hybridized carbons (Fsp3) is 0.118. The molecule has 4 heteroatoms. The molecular formula is C34H30Cl2SiZr. The van der Waals surface area contributed by atoms with Crippen molar-refractivity contribution in [2.45, 2.75) is 26.9 Å². The Balaban J connectivity index is 0.000000937. The molecular weight excluding hydrogens is 599 g/mol. The van der Waals surface area contributed by atoms with E-state index in [0.29, 0.717) is 0 Å². The molecule has 0 radical (unpaired) electrons. The van der Waals surface area contributed by atoms with Crippen LogP contribution in [0.15, 0.2) is 109 Å². The van der Waals surface area contributed by atoms with Crippen LogP contribution in [0.2, 0.25) is 13.1 Å². The van der Waals surface area contributed by atoms with Crippen LogP contribution in [0.3, 0.4) is 0 Å². The third-order valence-corrected chi connectivity index (χ3v) is 11.4. The standard InChI is InChI=1S/C34H30Si.2ClH.Zr/c1-23-21-27-17-11-19-29(25-13-7-5-8-14-25)31(27)33(23)35(3,4)34-24(2)22-28-18-12-20-30(32(28)34)26-15-9-6-10-16-26;;;/h5-22H,1-4H3;2*1H;/q-2;;;+4/p-2. The van der Waals surface area contributed by atoms with Gasteiger partial charge in [-0.1, -0.05) is 111 Å². The fourth-order valence-electron chi connectivity index (χ4n) is 6.40. The summed E-state index contributed by atoms with van der Waals surface area (Å²) in [6.07, 6.45) is 0. The van der Waals surface area contributed by atoms with Gasteiger partial charge < -0.3 is 0 Å². The Hall–Kier alpha value is -2.22. The van der Waals surface area contributed by atoms with Crippen LogP contribution in [0.4, 0.5) is 0 Å². The van der Waals surface area contributed by atoms with Crippen LogP contribution < -0.4 is 10.4 Å². The maximum atomic E-state index is 4.93. The van der Waals surface area contributed by atoms with Gasteiger partial charge in [-0.3, -0.25) is 0 Å². The van der Waals surface area contributed by atoms with Crippen LogP contribution in [-0.4, -0.2) is 8.07 Å². The van der Waals surface area contributed by atoms with E-state index in [9.17, 15) is 0 Å². The molecule has 0 bridgehead atoms. The minimum atomic E-state index is -2.10. The summed E-state index contributed by atoms with van der Waals surface area (Å²) >= 11 is -0.826. The molecule has 6 aromatic rings. The van der Waals surface area contributed by atoms with Gasteiger partial charge in [0.2, 0.25) is 0 Å². The van der Waals surface area contributed by atoms with Crippen LogP contribution in [0.5, 0.6) is 0 Å². The predicted octanol–water partition coefficient (Wildman–Crippen LogP) is 9.58. The second kappa shape index (κ2) is 11.5. The molecule has 38 heavy (non-hydrogen) atoms. The van der Waals surface area contributed by atoms with E-state index in [1.54, 1.807) is 10.4 Å². The fourth-order valence-corrected chi connectivity index (χ4v) is 10.6. The average Bonchev–Trinajstić information content (AvgIpc) is 3.46. The van der Waals surface area contributed by atoms with Gasteiger partial charge in [-0.2, -0.15) is 10.4 Å². The monoisotopic (exact) mass is 626 g/mol. The van der Waals surface area contributed by atoms with Crippen molar-refractivity contribution in [1.82, 2.24) is 0 Å². The number of hydrogen-bond acceptors (Lipinski definition) is 0. The molecule has 0 saturated carbocycles. The first-order valence-electron chi connectivity index (χ1n) is 12.8. The van der Waals surface area contributed by atoms with Gasteiger partial charge in [0.25, 0.3) is 0 Å². The van der Waals surface area contributed by atoms with Crippen molar-refractivity contribution in [3.05, 3.63) is 120 Å².